The third-order valence-corrected chi connectivity index (χ3v) is 3.87. The van der Waals surface area contributed by atoms with Gasteiger partial charge in [0.05, 0.1) is 6.10 Å². The van der Waals surface area contributed by atoms with Gasteiger partial charge in [0, 0.05) is 17.5 Å². The number of nitrogens with one attached hydrogen (secondary N) is 1. The van der Waals surface area contributed by atoms with Crippen molar-refractivity contribution in [2.75, 3.05) is 6.54 Å². The number of furan rings is 1. The van der Waals surface area contributed by atoms with Gasteiger partial charge in [-0.25, -0.2) is 4.39 Å². The highest BCUT2D eigenvalue weighted by molar-refractivity contribution is 5.98. The van der Waals surface area contributed by atoms with Gasteiger partial charge >= 0.3 is 0 Å². The van der Waals surface area contributed by atoms with Gasteiger partial charge in [0.2, 0.25) is 0 Å². The van der Waals surface area contributed by atoms with Gasteiger partial charge in [-0.1, -0.05) is 0 Å². The number of halogens is 1. The van der Waals surface area contributed by atoms with Crippen molar-refractivity contribution in [2.45, 2.75) is 25.9 Å². The second-order valence-electron chi connectivity index (χ2n) is 5.40. The first-order chi connectivity index (χ1) is 9.54. The molecule has 1 heterocycles. The van der Waals surface area contributed by atoms with Crippen LogP contribution in [-0.2, 0) is 0 Å². The minimum atomic E-state index is -0.350. The van der Waals surface area contributed by atoms with Crippen molar-refractivity contribution in [2.24, 2.45) is 5.92 Å². The fourth-order valence-corrected chi connectivity index (χ4v) is 2.59. The summed E-state index contributed by atoms with van der Waals surface area (Å²) < 4.78 is 18.7. The van der Waals surface area contributed by atoms with Crippen LogP contribution in [0.4, 0.5) is 4.39 Å². The Kier molecular flexibility index (Phi) is 3.22. The molecule has 0 spiro atoms. The average Bonchev–Trinajstić information content (AvgIpc) is 2.70. The highest BCUT2D eigenvalue weighted by Gasteiger charge is 2.28. The predicted octanol–water partition coefficient (Wildman–Crippen LogP) is 2.38. The maximum absolute atomic E-state index is 13.2. The Morgan fingerprint density at radius 2 is 2.25 bits per heavy atom. The highest BCUT2D eigenvalue weighted by atomic mass is 19.1. The molecule has 0 atom stereocenters. The highest BCUT2D eigenvalue weighted by Crippen LogP contribution is 2.28. The van der Waals surface area contributed by atoms with Crippen molar-refractivity contribution in [1.82, 2.24) is 5.32 Å². The van der Waals surface area contributed by atoms with E-state index in [1.807, 2.05) is 0 Å². The number of amides is 1. The maximum Gasteiger partial charge on any atom is 0.287 e. The van der Waals surface area contributed by atoms with Crippen LogP contribution in [0.15, 0.2) is 22.6 Å². The zero-order chi connectivity index (χ0) is 14.3. The number of benzene rings is 1. The minimum Gasteiger partial charge on any atom is -0.451 e. The topological polar surface area (TPSA) is 62.5 Å². The number of carbonyl (C=O) groups is 1. The lowest BCUT2D eigenvalue weighted by molar-refractivity contribution is 0.0418. The standard InChI is InChI=1S/C15H16FNO3/c1-8-12-6-10(16)2-3-13(12)20-14(8)15(19)17-7-9-4-11(18)5-9/h2-3,6,9,11,18H,4-5,7H2,1H3,(H,17,19). The molecule has 0 bridgehead atoms. The number of hydrogen-bond donors (Lipinski definition) is 2. The number of aliphatic hydroxyl groups is 1. The first kappa shape index (κ1) is 13.1. The van der Waals surface area contributed by atoms with Crippen LogP contribution in [0.25, 0.3) is 11.0 Å². The van der Waals surface area contributed by atoms with Crippen molar-refractivity contribution < 1.29 is 18.7 Å². The lowest BCUT2D eigenvalue weighted by Gasteiger charge is -2.31. The summed E-state index contributed by atoms with van der Waals surface area (Å²) in [5, 5.41) is 12.6. The summed E-state index contributed by atoms with van der Waals surface area (Å²) in [5.41, 5.74) is 1.15. The molecule has 5 heteroatoms. The van der Waals surface area contributed by atoms with Crippen LogP contribution in [0.5, 0.6) is 0 Å². The van der Waals surface area contributed by atoms with Crippen LogP contribution < -0.4 is 5.32 Å². The molecular formula is C15H16FNO3. The minimum absolute atomic E-state index is 0.227. The summed E-state index contributed by atoms with van der Waals surface area (Å²) in [6, 6.07) is 4.20. The van der Waals surface area contributed by atoms with E-state index in [0.717, 1.165) is 12.8 Å². The molecule has 2 N–H and O–H groups in total. The molecule has 1 aliphatic rings. The van der Waals surface area contributed by atoms with Crippen molar-refractivity contribution in [3.05, 3.63) is 35.3 Å². The lowest BCUT2D eigenvalue weighted by Crippen LogP contribution is -2.38. The van der Waals surface area contributed by atoms with E-state index in [1.165, 1.54) is 18.2 Å². The molecule has 4 nitrogen and oxygen atoms in total. The smallest absolute Gasteiger partial charge is 0.287 e. The van der Waals surface area contributed by atoms with Crippen LogP contribution in [0.3, 0.4) is 0 Å². The quantitative estimate of drug-likeness (QED) is 0.905. The summed E-state index contributed by atoms with van der Waals surface area (Å²) in [6.45, 7) is 2.27. The Morgan fingerprint density at radius 1 is 1.50 bits per heavy atom. The molecule has 0 unspecified atom stereocenters. The van der Waals surface area contributed by atoms with E-state index < -0.39 is 0 Å². The molecule has 1 amide bonds. The normalized spacial score (nSPS) is 21.8. The summed E-state index contributed by atoms with van der Waals surface area (Å²) in [6.07, 6.45) is 1.22. The monoisotopic (exact) mass is 277 g/mol. The average molecular weight is 277 g/mol. The number of hydrogen-bond acceptors (Lipinski definition) is 3. The Balaban J connectivity index is 1.75. The van der Waals surface area contributed by atoms with Gasteiger partial charge in [-0.05, 0) is 43.9 Å². The van der Waals surface area contributed by atoms with Gasteiger partial charge in [0.1, 0.15) is 11.4 Å². The zero-order valence-electron chi connectivity index (χ0n) is 11.1. The first-order valence-corrected chi connectivity index (χ1v) is 6.69. The van der Waals surface area contributed by atoms with E-state index in [2.05, 4.69) is 5.32 Å². The van der Waals surface area contributed by atoms with Crippen molar-refractivity contribution >= 4 is 16.9 Å². The van der Waals surface area contributed by atoms with Gasteiger partial charge < -0.3 is 14.8 Å². The van der Waals surface area contributed by atoms with Crippen molar-refractivity contribution in [1.29, 1.82) is 0 Å². The number of aryl methyl sites for hydroxylation is 1. The Bertz CT molecular complexity index is 658. The first-order valence-electron chi connectivity index (χ1n) is 6.69. The second-order valence-corrected chi connectivity index (χ2v) is 5.40. The van der Waals surface area contributed by atoms with Crippen molar-refractivity contribution in [3.8, 4) is 0 Å². The molecule has 0 saturated heterocycles. The summed E-state index contributed by atoms with van der Waals surface area (Å²) in [5.74, 6) is -0.0844. The lowest BCUT2D eigenvalue weighted by atomic mass is 9.82. The van der Waals surface area contributed by atoms with Gasteiger partial charge in [0.25, 0.3) is 5.91 Å². The van der Waals surface area contributed by atoms with Gasteiger partial charge in [0.15, 0.2) is 5.76 Å². The molecule has 1 fully saturated rings. The maximum atomic E-state index is 13.2. The molecule has 1 aliphatic carbocycles. The molecule has 20 heavy (non-hydrogen) atoms. The molecule has 0 aliphatic heterocycles. The molecule has 1 aromatic carbocycles. The summed E-state index contributed by atoms with van der Waals surface area (Å²) >= 11 is 0. The van der Waals surface area contributed by atoms with E-state index in [-0.39, 0.29) is 23.6 Å². The Hall–Kier alpha value is -1.88. The summed E-state index contributed by atoms with van der Waals surface area (Å²) in [7, 11) is 0. The number of fused-ring (bicyclic) bond motifs is 1. The largest absolute Gasteiger partial charge is 0.451 e. The number of rotatable bonds is 3. The van der Waals surface area contributed by atoms with Crippen LogP contribution in [0, 0.1) is 18.7 Å². The zero-order valence-corrected chi connectivity index (χ0v) is 11.1. The molecule has 0 radical (unpaired) electrons. The Labute approximate surface area is 115 Å². The summed E-state index contributed by atoms with van der Waals surface area (Å²) in [4.78, 5) is 12.1. The van der Waals surface area contributed by atoms with Gasteiger partial charge in [-0.15, -0.1) is 0 Å². The number of aliphatic hydroxyl groups excluding tert-OH is 1. The van der Waals surface area contributed by atoms with Crippen LogP contribution in [0.2, 0.25) is 0 Å². The third kappa shape index (κ3) is 2.29. The van der Waals surface area contributed by atoms with Gasteiger partial charge in [-0.2, -0.15) is 0 Å². The molecule has 106 valence electrons. The van der Waals surface area contributed by atoms with E-state index in [4.69, 9.17) is 4.42 Å². The molecule has 3 rings (SSSR count). The Morgan fingerprint density at radius 3 is 2.95 bits per heavy atom. The second kappa shape index (κ2) is 4.90. The van der Waals surface area contributed by atoms with Crippen LogP contribution in [0.1, 0.15) is 29.0 Å². The van der Waals surface area contributed by atoms with E-state index >= 15 is 0 Å². The molecule has 1 aromatic heterocycles. The van der Waals surface area contributed by atoms with Crippen molar-refractivity contribution in [3.63, 3.8) is 0 Å². The third-order valence-electron chi connectivity index (χ3n) is 3.87. The van der Waals surface area contributed by atoms with Crippen LogP contribution >= 0.6 is 0 Å². The molecular weight excluding hydrogens is 261 g/mol. The fraction of sp³-hybridized carbons (Fsp3) is 0.400. The number of carbonyl (C=O) groups excluding carboxylic acids is 1. The van der Waals surface area contributed by atoms with E-state index in [9.17, 15) is 14.3 Å². The molecule has 2 aromatic rings. The van der Waals surface area contributed by atoms with E-state index in [1.54, 1.807) is 6.92 Å². The molecule has 1 saturated carbocycles. The van der Waals surface area contributed by atoms with E-state index in [0.29, 0.717) is 29.0 Å². The van der Waals surface area contributed by atoms with Crippen LogP contribution in [-0.4, -0.2) is 23.7 Å². The van der Waals surface area contributed by atoms with Gasteiger partial charge in [-0.3, -0.25) is 4.79 Å². The predicted molar refractivity (Wildman–Crippen MR) is 72.0 cm³/mol. The SMILES string of the molecule is Cc1c(C(=O)NCC2CC(O)C2)oc2ccc(F)cc12. The fourth-order valence-electron chi connectivity index (χ4n) is 2.59.